The molecule has 4 aromatic rings. The molecule has 0 N–H and O–H groups in total. The normalized spacial score (nSPS) is 15.1. The number of ether oxygens (including phenoxy) is 2. The summed E-state index contributed by atoms with van der Waals surface area (Å²) < 4.78 is 28.6. The summed E-state index contributed by atoms with van der Waals surface area (Å²) in [7, 11) is 0. The molecule has 1 amide bonds. The Labute approximate surface area is 232 Å². The van der Waals surface area contributed by atoms with Crippen LogP contribution < -0.4 is 4.74 Å². The molecule has 1 aromatic heterocycles. The Kier molecular flexibility index (Phi) is 8.29. The second-order valence-corrected chi connectivity index (χ2v) is 10.4. The lowest BCUT2D eigenvalue weighted by Crippen LogP contribution is -2.37. The number of hydrogen-bond donors (Lipinski definition) is 0. The van der Waals surface area contributed by atoms with E-state index in [9.17, 15) is 9.18 Å². The number of hydrogen-bond acceptors (Lipinski definition) is 4. The number of carbonyl (C=O) groups is 1. The zero-order chi connectivity index (χ0) is 27.4. The maximum Gasteiger partial charge on any atom is 0.254 e. The second kappa shape index (κ2) is 12.0. The van der Waals surface area contributed by atoms with Gasteiger partial charge in [0.1, 0.15) is 0 Å². The first-order chi connectivity index (χ1) is 18.9. The Morgan fingerprint density at radius 1 is 1.10 bits per heavy atom. The highest BCUT2D eigenvalue weighted by molar-refractivity contribution is 6.30. The molecule has 1 atom stereocenters. The van der Waals surface area contributed by atoms with Crippen molar-refractivity contribution in [1.82, 2.24) is 14.7 Å². The fourth-order valence-corrected chi connectivity index (χ4v) is 4.89. The number of benzene rings is 3. The van der Waals surface area contributed by atoms with Crippen molar-refractivity contribution in [3.8, 4) is 17.3 Å². The van der Waals surface area contributed by atoms with E-state index in [0.717, 1.165) is 29.8 Å². The van der Waals surface area contributed by atoms with Crippen molar-refractivity contribution in [1.29, 1.82) is 0 Å². The average Bonchev–Trinajstić information content (AvgIpc) is 3.58. The van der Waals surface area contributed by atoms with E-state index >= 15 is 0 Å². The third-order valence-electron chi connectivity index (χ3n) is 6.73. The van der Waals surface area contributed by atoms with E-state index in [-0.39, 0.29) is 30.2 Å². The quantitative estimate of drug-likeness (QED) is 0.219. The summed E-state index contributed by atoms with van der Waals surface area (Å²) >= 11 is 6.09. The Morgan fingerprint density at radius 2 is 1.82 bits per heavy atom. The van der Waals surface area contributed by atoms with Crippen LogP contribution in [0.15, 0.2) is 78.9 Å². The SMILES string of the molecule is CC(C)c1nn(-c2ccccc2)c(Oc2ccccc2F)c1CN(CC1CCCO1)C(=O)c1ccc(Cl)cc1. The molecule has 0 bridgehead atoms. The van der Waals surface area contributed by atoms with Gasteiger partial charge < -0.3 is 14.4 Å². The van der Waals surface area contributed by atoms with Crippen LogP contribution in [0, 0.1) is 5.82 Å². The van der Waals surface area contributed by atoms with Crippen LogP contribution in [0.5, 0.6) is 11.6 Å². The molecule has 1 saturated heterocycles. The molecule has 1 aliphatic rings. The van der Waals surface area contributed by atoms with Gasteiger partial charge in [-0.05, 0) is 67.3 Å². The van der Waals surface area contributed by atoms with Crippen molar-refractivity contribution >= 4 is 17.5 Å². The van der Waals surface area contributed by atoms with Gasteiger partial charge in [-0.25, -0.2) is 9.07 Å². The first kappa shape index (κ1) is 26.9. The zero-order valence-corrected chi connectivity index (χ0v) is 22.8. The monoisotopic (exact) mass is 547 g/mol. The van der Waals surface area contributed by atoms with Crippen LogP contribution in [0.25, 0.3) is 5.69 Å². The van der Waals surface area contributed by atoms with Gasteiger partial charge in [-0.1, -0.05) is 55.8 Å². The Morgan fingerprint density at radius 3 is 2.49 bits per heavy atom. The van der Waals surface area contributed by atoms with Crippen LogP contribution >= 0.6 is 11.6 Å². The smallest absolute Gasteiger partial charge is 0.254 e. The van der Waals surface area contributed by atoms with Gasteiger partial charge in [0.15, 0.2) is 11.6 Å². The van der Waals surface area contributed by atoms with Crippen molar-refractivity contribution in [2.75, 3.05) is 13.2 Å². The predicted octanol–water partition coefficient (Wildman–Crippen LogP) is 7.40. The number of carbonyl (C=O) groups excluding carboxylic acids is 1. The van der Waals surface area contributed by atoms with E-state index in [4.69, 9.17) is 26.2 Å². The molecule has 202 valence electrons. The van der Waals surface area contributed by atoms with Crippen molar-refractivity contribution in [3.63, 3.8) is 0 Å². The molecule has 1 fully saturated rings. The van der Waals surface area contributed by atoms with E-state index in [2.05, 4.69) is 0 Å². The highest BCUT2D eigenvalue weighted by atomic mass is 35.5. The van der Waals surface area contributed by atoms with E-state index in [1.165, 1.54) is 6.07 Å². The molecule has 1 unspecified atom stereocenters. The lowest BCUT2D eigenvalue weighted by atomic mass is 10.0. The number of rotatable bonds is 9. The average molecular weight is 548 g/mol. The first-order valence-corrected chi connectivity index (χ1v) is 13.5. The van der Waals surface area contributed by atoms with E-state index in [1.807, 2.05) is 44.2 Å². The Bertz CT molecular complexity index is 1420. The van der Waals surface area contributed by atoms with Gasteiger partial charge in [0, 0.05) is 23.7 Å². The molecular weight excluding hydrogens is 517 g/mol. The largest absolute Gasteiger partial charge is 0.435 e. The fraction of sp³-hybridized carbons (Fsp3) is 0.290. The molecule has 2 heterocycles. The topological polar surface area (TPSA) is 56.6 Å². The second-order valence-electron chi connectivity index (χ2n) is 9.93. The van der Waals surface area contributed by atoms with Crippen molar-refractivity contribution in [2.45, 2.75) is 45.3 Å². The van der Waals surface area contributed by atoms with Crippen LogP contribution in [-0.2, 0) is 11.3 Å². The lowest BCUT2D eigenvalue weighted by Gasteiger charge is -2.26. The molecule has 8 heteroatoms. The van der Waals surface area contributed by atoms with Crippen LogP contribution in [0.4, 0.5) is 4.39 Å². The van der Waals surface area contributed by atoms with E-state index < -0.39 is 5.82 Å². The van der Waals surface area contributed by atoms with Gasteiger partial charge in [-0.15, -0.1) is 0 Å². The number of para-hydroxylation sites is 2. The molecule has 0 radical (unpaired) electrons. The maximum absolute atomic E-state index is 14.8. The third-order valence-corrected chi connectivity index (χ3v) is 6.99. The van der Waals surface area contributed by atoms with Crippen LogP contribution in [-0.4, -0.2) is 39.8 Å². The molecule has 3 aromatic carbocycles. The van der Waals surface area contributed by atoms with Gasteiger partial charge in [0.05, 0.1) is 29.6 Å². The molecular formula is C31H31ClFN3O3. The highest BCUT2D eigenvalue weighted by Gasteiger charge is 2.30. The number of nitrogens with zero attached hydrogens (tertiary/aromatic N) is 3. The summed E-state index contributed by atoms with van der Waals surface area (Å²) in [5, 5.41) is 5.48. The van der Waals surface area contributed by atoms with Gasteiger partial charge in [0.2, 0.25) is 5.88 Å². The lowest BCUT2D eigenvalue weighted by molar-refractivity contribution is 0.0505. The van der Waals surface area contributed by atoms with Gasteiger partial charge >= 0.3 is 0 Å². The summed E-state index contributed by atoms with van der Waals surface area (Å²) in [5.74, 6) is -0.162. The molecule has 5 rings (SSSR count). The summed E-state index contributed by atoms with van der Waals surface area (Å²) in [4.78, 5) is 15.6. The van der Waals surface area contributed by atoms with Gasteiger partial charge in [0.25, 0.3) is 5.91 Å². The summed E-state index contributed by atoms with van der Waals surface area (Å²) in [6.45, 7) is 5.39. The van der Waals surface area contributed by atoms with E-state index in [1.54, 1.807) is 52.0 Å². The van der Waals surface area contributed by atoms with Crippen LogP contribution in [0.1, 0.15) is 54.2 Å². The number of amides is 1. The van der Waals surface area contributed by atoms with Crippen molar-refractivity contribution in [2.24, 2.45) is 0 Å². The molecule has 6 nitrogen and oxygen atoms in total. The predicted molar refractivity (Wildman–Crippen MR) is 149 cm³/mol. The van der Waals surface area contributed by atoms with Gasteiger partial charge in [-0.3, -0.25) is 4.79 Å². The zero-order valence-electron chi connectivity index (χ0n) is 22.0. The molecule has 1 aliphatic heterocycles. The van der Waals surface area contributed by atoms with Gasteiger partial charge in [-0.2, -0.15) is 5.10 Å². The molecule has 39 heavy (non-hydrogen) atoms. The third kappa shape index (κ3) is 6.15. The number of aromatic nitrogens is 2. The summed E-state index contributed by atoms with van der Waals surface area (Å²) in [6, 6.07) is 22.7. The first-order valence-electron chi connectivity index (χ1n) is 13.2. The van der Waals surface area contributed by atoms with Crippen LogP contribution in [0.3, 0.4) is 0 Å². The Balaban J connectivity index is 1.61. The van der Waals surface area contributed by atoms with E-state index in [0.29, 0.717) is 29.6 Å². The maximum atomic E-state index is 14.8. The standard InChI is InChI=1S/C31H31ClFN3O3/c1-21(2)29-26(20-35(19-25-11-8-18-38-25)30(37)22-14-16-23(32)17-15-22)31(39-28-13-7-6-12-27(28)33)36(34-29)24-9-4-3-5-10-24/h3-7,9-10,12-17,21,25H,8,11,18-20H2,1-2H3. The van der Waals surface area contributed by atoms with Crippen molar-refractivity contribution in [3.05, 3.63) is 107 Å². The van der Waals surface area contributed by atoms with Crippen molar-refractivity contribution < 1.29 is 18.7 Å². The highest BCUT2D eigenvalue weighted by Crippen LogP contribution is 2.36. The summed E-state index contributed by atoms with van der Waals surface area (Å²) in [6.07, 6.45) is 1.77. The number of halogens is 2. The molecule has 0 aliphatic carbocycles. The summed E-state index contributed by atoms with van der Waals surface area (Å²) in [5.41, 5.74) is 2.78. The minimum absolute atomic E-state index is 0.0168. The van der Waals surface area contributed by atoms with Crippen LogP contribution in [0.2, 0.25) is 5.02 Å². The molecule has 0 spiro atoms. The fourth-order valence-electron chi connectivity index (χ4n) is 4.76. The molecule has 0 saturated carbocycles. The minimum atomic E-state index is -0.483. The minimum Gasteiger partial charge on any atom is -0.435 e. The Hall–Kier alpha value is -3.68.